The van der Waals surface area contributed by atoms with Crippen LogP contribution < -0.4 is 5.32 Å². The minimum absolute atomic E-state index is 0. The van der Waals surface area contributed by atoms with Gasteiger partial charge in [0.05, 0.1) is 0 Å². The molecule has 1 amide bonds. The van der Waals surface area contributed by atoms with Crippen molar-refractivity contribution in [1.29, 1.82) is 0 Å². The highest BCUT2D eigenvalue weighted by Crippen LogP contribution is 2.21. The summed E-state index contributed by atoms with van der Waals surface area (Å²) in [6, 6.07) is 10.7. The Morgan fingerprint density at radius 3 is 2.70 bits per heavy atom. The number of carbonyl (C=O) groups excluding carboxylic acids is 1. The lowest BCUT2D eigenvalue weighted by Gasteiger charge is -2.32. The van der Waals surface area contributed by atoms with E-state index in [0.29, 0.717) is 5.69 Å². The second-order valence-electron chi connectivity index (χ2n) is 7.09. The molecule has 2 N–H and O–H groups in total. The Balaban J connectivity index is 0.00000261. The number of fused-ring (bicyclic) bond motifs is 1. The molecule has 27 heavy (non-hydrogen) atoms. The Hall–Kier alpha value is -1.85. The Kier molecular flexibility index (Phi) is 8.32. The molecule has 148 valence electrons. The fourth-order valence-electron chi connectivity index (χ4n) is 3.82. The molecule has 2 aromatic rings. The largest absolute Gasteiger partial charge is 0.334 e. The number of aromatic amines is 1. The monoisotopic (exact) mass is 390 g/mol. The van der Waals surface area contributed by atoms with E-state index < -0.39 is 0 Å². The van der Waals surface area contributed by atoms with Crippen LogP contribution in [0, 0.1) is 0 Å². The first-order chi connectivity index (χ1) is 12.7. The van der Waals surface area contributed by atoms with Crippen molar-refractivity contribution < 1.29 is 4.79 Å². The normalized spacial score (nSPS) is 14.1. The Bertz CT molecular complexity index is 716. The number of rotatable bonds is 8. The van der Waals surface area contributed by atoms with Crippen LogP contribution in [0.3, 0.4) is 0 Å². The molecule has 0 saturated carbocycles. The van der Waals surface area contributed by atoms with Crippen molar-refractivity contribution in [2.75, 3.05) is 13.1 Å². The number of aromatic nitrogens is 2. The number of amides is 1. The molecule has 6 heteroatoms. The van der Waals surface area contributed by atoms with Crippen LogP contribution in [0.5, 0.6) is 0 Å². The molecule has 0 bridgehead atoms. The van der Waals surface area contributed by atoms with Crippen LogP contribution in [0.15, 0.2) is 30.3 Å². The van der Waals surface area contributed by atoms with Gasteiger partial charge in [0.15, 0.2) is 5.69 Å². The molecule has 1 aliphatic heterocycles. The van der Waals surface area contributed by atoms with E-state index in [1.807, 2.05) is 6.07 Å². The number of benzene rings is 1. The van der Waals surface area contributed by atoms with E-state index in [0.717, 1.165) is 63.0 Å². The van der Waals surface area contributed by atoms with Gasteiger partial charge in [-0.05, 0) is 24.8 Å². The molecule has 0 radical (unpaired) electrons. The van der Waals surface area contributed by atoms with E-state index in [2.05, 4.69) is 58.5 Å². The minimum Gasteiger partial charge on any atom is -0.334 e. The Morgan fingerprint density at radius 1 is 1.22 bits per heavy atom. The van der Waals surface area contributed by atoms with Crippen molar-refractivity contribution in [3.05, 3.63) is 52.8 Å². The van der Waals surface area contributed by atoms with Gasteiger partial charge >= 0.3 is 0 Å². The number of nitrogens with zero attached hydrogens (tertiary/aromatic N) is 2. The molecule has 1 aromatic heterocycles. The lowest BCUT2D eigenvalue weighted by molar-refractivity contribution is 0.0659. The molecule has 5 nitrogen and oxygen atoms in total. The standard InChI is InChI=1S/C21H30N4O.ClH/c1-3-8-17(14-16-9-6-5-7-10-16)25(13-4-2)21(26)20-18-15-22-12-11-19(18)23-24-20;/h5-7,9-10,17,22H,3-4,8,11-15H2,1-2H3,(H,23,24);1H. The second-order valence-corrected chi connectivity index (χ2v) is 7.09. The lowest BCUT2D eigenvalue weighted by Crippen LogP contribution is -2.43. The van der Waals surface area contributed by atoms with Crippen LogP contribution in [-0.4, -0.2) is 40.1 Å². The molecule has 1 unspecified atom stereocenters. The summed E-state index contributed by atoms with van der Waals surface area (Å²) in [5, 5.41) is 10.8. The highest BCUT2D eigenvalue weighted by molar-refractivity contribution is 5.94. The van der Waals surface area contributed by atoms with Crippen molar-refractivity contribution in [3.8, 4) is 0 Å². The fraction of sp³-hybridized carbons (Fsp3) is 0.524. The third-order valence-corrected chi connectivity index (χ3v) is 5.11. The van der Waals surface area contributed by atoms with Crippen molar-refractivity contribution in [1.82, 2.24) is 20.4 Å². The maximum atomic E-state index is 13.4. The molecule has 0 saturated heterocycles. The number of hydrogen-bond donors (Lipinski definition) is 2. The number of H-pyrrole nitrogens is 1. The van der Waals surface area contributed by atoms with Gasteiger partial charge in [-0.15, -0.1) is 12.4 Å². The summed E-state index contributed by atoms with van der Waals surface area (Å²) in [6.45, 7) is 6.75. The van der Waals surface area contributed by atoms with Gasteiger partial charge in [-0.3, -0.25) is 9.89 Å². The summed E-state index contributed by atoms with van der Waals surface area (Å²) in [5.74, 6) is 0.0717. The zero-order valence-electron chi connectivity index (χ0n) is 16.3. The first-order valence-electron chi connectivity index (χ1n) is 9.86. The van der Waals surface area contributed by atoms with Crippen LogP contribution >= 0.6 is 12.4 Å². The Labute approximate surface area is 168 Å². The summed E-state index contributed by atoms with van der Waals surface area (Å²) in [4.78, 5) is 15.4. The van der Waals surface area contributed by atoms with Crippen LogP contribution in [0.25, 0.3) is 0 Å². The predicted molar refractivity (Wildman–Crippen MR) is 111 cm³/mol. The first-order valence-corrected chi connectivity index (χ1v) is 9.86. The molecule has 0 spiro atoms. The van der Waals surface area contributed by atoms with Gasteiger partial charge in [0.25, 0.3) is 5.91 Å². The smallest absolute Gasteiger partial charge is 0.274 e. The quantitative estimate of drug-likeness (QED) is 0.721. The molecular weight excluding hydrogens is 360 g/mol. The summed E-state index contributed by atoms with van der Waals surface area (Å²) < 4.78 is 0. The molecule has 0 aliphatic carbocycles. The SMILES string of the molecule is CCCC(Cc1ccccc1)N(CCC)C(=O)c1n[nH]c2c1CNCC2.Cl. The first kappa shape index (κ1) is 21.5. The van der Waals surface area contributed by atoms with Gasteiger partial charge in [-0.1, -0.05) is 50.6 Å². The molecular formula is C21H31ClN4O. The van der Waals surface area contributed by atoms with E-state index in [9.17, 15) is 4.79 Å². The topological polar surface area (TPSA) is 61.0 Å². The summed E-state index contributed by atoms with van der Waals surface area (Å²) in [7, 11) is 0. The van der Waals surface area contributed by atoms with E-state index in [1.165, 1.54) is 5.56 Å². The molecule has 1 atom stereocenters. The van der Waals surface area contributed by atoms with E-state index in [1.54, 1.807) is 0 Å². The highest BCUT2D eigenvalue weighted by atomic mass is 35.5. The average Bonchev–Trinajstić information content (AvgIpc) is 3.10. The zero-order valence-corrected chi connectivity index (χ0v) is 17.1. The summed E-state index contributed by atoms with van der Waals surface area (Å²) in [6.07, 6.45) is 4.82. The number of halogens is 1. The third kappa shape index (κ3) is 5.11. The van der Waals surface area contributed by atoms with Crippen LogP contribution in [0.1, 0.15) is 60.4 Å². The van der Waals surface area contributed by atoms with E-state index >= 15 is 0 Å². The van der Waals surface area contributed by atoms with Gasteiger partial charge in [0.1, 0.15) is 0 Å². The lowest BCUT2D eigenvalue weighted by atomic mass is 9.99. The summed E-state index contributed by atoms with van der Waals surface area (Å²) in [5.41, 5.74) is 4.05. The van der Waals surface area contributed by atoms with Crippen molar-refractivity contribution in [2.45, 2.75) is 58.5 Å². The Morgan fingerprint density at radius 2 is 2.00 bits per heavy atom. The molecule has 3 rings (SSSR count). The molecule has 1 aromatic carbocycles. The number of carbonyl (C=O) groups is 1. The average molecular weight is 391 g/mol. The van der Waals surface area contributed by atoms with Gasteiger partial charge in [0, 0.05) is 43.4 Å². The van der Waals surface area contributed by atoms with Crippen LogP contribution in [0.4, 0.5) is 0 Å². The predicted octanol–water partition coefficient (Wildman–Crippen LogP) is 3.74. The summed E-state index contributed by atoms with van der Waals surface area (Å²) >= 11 is 0. The molecule has 1 aliphatic rings. The van der Waals surface area contributed by atoms with Crippen molar-refractivity contribution in [2.24, 2.45) is 0 Å². The zero-order chi connectivity index (χ0) is 18.4. The van der Waals surface area contributed by atoms with Gasteiger partial charge in [0.2, 0.25) is 0 Å². The fourth-order valence-corrected chi connectivity index (χ4v) is 3.82. The van der Waals surface area contributed by atoms with Crippen molar-refractivity contribution in [3.63, 3.8) is 0 Å². The minimum atomic E-state index is 0. The maximum Gasteiger partial charge on any atom is 0.274 e. The van der Waals surface area contributed by atoms with Gasteiger partial charge < -0.3 is 10.2 Å². The van der Waals surface area contributed by atoms with Crippen LogP contribution in [-0.2, 0) is 19.4 Å². The second kappa shape index (κ2) is 10.5. The number of nitrogens with one attached hydrogen (secondary N) is 2. The van der Waals surface area contributed by atoms with Gasteiger partial charge in [-0.25, -0.2) is 0 Å². The third-order valence-electron chi connectivity index (χ3n) is 5.11. The van der Waals surface area contributed by atoms with Gasteiger partial charge in [-0.2, -0.15) is 5.10 Å². The van der Waals surface area contributed by atoms with Crippen LogP contribution in [0.2, 0.25) is 0 Å². The highest BCUT2D eigenvalue weighted by Gasteiger charge is 2.29. The molecule has 0 fully saturated rings. The number of hydrogen-bond acceptors (Lipinski definition) is 3. The van der Waals surface area contributed by atoms with Crippen molar-refractivity contribution >= 4 is 18.3 Å². The molecule has 2 heterocycles. The van der Waals surface area contributed by atoms with E-state index in [-0.39, 0.29) is 24.4 Å². The van der Waals surface area contributed by atoms with E-state index in [4.69, 9.17) is 0 Å². The maximum absolute atomic E-state index is 13.4.